The number of carbonyl (C=O) groups excluding carboxylic acids is 2. The first-order valence-corrected chi connectivity index (χ1v) is 7.49. The summed E-state index contributed by atoms with van der Waals surface area (Å²) in [6.45, 7) is 3.38. The number of anilines is 1. The van der Waals surface area contributed by atoms with Gasteiger partial charge in [-0.3, -0.25) is 9.59 Å². The van der Waals surface area contributed by atoms with Crippen LogP contribution in [0.5, 0.6) is 5.75 Å². The van der Waals surface area contributed by atoms with E-state index in [9.17, 15) is 14.7 Å². The van der Waals surface area contributed by atoms with Crippen LogP contribution in [0.15, 0.2) is 22.8 Å². The van der Waals surface area contributed by atoms with Crippen molar-refractivity contribution in [3.05, 3.63) is 45.3 Å². The molecule has 0 unspecified atom stereocenters. The van der Waals surface area contributed by atoms with Gasteiger partial charge in [0.05, 0.1) is 10.0 Å². The van der Waals surface area contributed by atoms with Gasteiger partial charge < -0.3 is 15.7 Å². The number of aromatic nitrogens is 2. The summed E-state index contributed by atoms with van der Waals surface area (Å²) < 4.78 is 0.541. The van der Waals surface area contributed by atoms with Crippen molar-refractivity contribution in [3.63, 3.8) is 0 Å². The third-order valence-corrected chi connectivity index (χ3v) is 3.74. The van der Waals surface area contributed by atoms with Crippen LogP contribution in [-0.2, 0) is 0 Å². The average Bonchev–Trinajstić information content (AvgIpc) is 2.50. The Labute approximate surface area is 141 Å². The number of halogens is 1. The van der Waals surface area contributed by atoms with Crippen molar-refractivity contribution in [3.8, 4) is 5.75 Å². The molecule has 0 fully saturated rings. The number of nitrogens with zero attached hydrogens (tertiary/aromatic N) is 2. The summed E-state index contributed by atoms with van der Waals surface area (Å²) in [5.74, 6) is -0.257. The summed E-state index contributed by atoms with van der Waals surface area (Å²) in [6, 6.07) is 2.72. The van der Waals surface area contributed by atoms with Gasteiger partial charge in [0.2, 0.25) is 0 Å². The number of amides is 2. The quantitative estimate of drug-likeness (QED) is 0.477. The van der Waals surface area contributed by atoms with Gasteiger partial charge in [0.15, 0.2) is 5.82 Å². The molecule has 1 heterocycles. The molecular formula is C15H15BrLrN4O3. The zero-order chi connectivity index (χ0) is 17.1. The summed E-state index contributed by atoms with van der Waals surface area (Å²) in [7, 11) is 1.45. The van der Waals surface area contributed by atoms with Crippen molar-refractivity contribution < 1.29 is 14.7 Å². The Hall–Kier alpha value is -3.48. The van der Waals surface area contributed by atoms with E-state index < -0.39 is 11.8 Å². The van der Waals surface area contributed by atoms with E-state index in [2.05, 4.69) is 36.5 Å². The number of aryl methyl sites for hydroxylation is 2. The SMILES string of the molecule is CNC(=O)c1cc(C(=O)Nc2nc(C)ncc2Br)c(C)cc1O.[Lr]. The fraction of sp³-hybridized carbons (Fsp3) is 0.200. The molecule has 0 spiro atoms. The first kappa shape index (κ1) is 18.6. The number of hydrogen-bond donors (Lipinski definition) is 3. The van der Waals surface area contributed by atoms with Crippen LogP contribution in [0, 0.1) is 13.8 Å². The van der Waals surface area contributed by atoms with E-state index in [1.165, 1.54) is 25.4 Å². The predicted molar refractivity (Wildman–Crippen MR) is 88.7 cm³/mol. The average molecular weight is 641 g/mol. The van der Waals surface area contributed by atoms with Gasteiger partial charge in [0.1, 0.15) is 11.6 Å². The van der Waals surface area contributed by atoms with Gasteiger partial charge in [0.25, 0.3) is 11.8 Å². The van der Waals surface area contributed by atoms with E-state index in [0.717, 1.165) is 0 Å². The Morgan fingerprint density at radius 1 is 1.17 bits per heavy atom. The number of hydrogen-bond acceptors (Lipinski definition) is 5. The number of rotatable bonds is 3. The zero-order valence-electron chi connectivity index (χ0n) is 13.0. The minimum atomic E-state index is -0.476. The molecule has 0 saturated heterocycles. The Morgan fingerprint density at radius 2 is 1.83 bits per heavy atom. The number of benzene rings is 1. The molecule has 0 aliphatic heterocycles. The third-order valence-electron chi connectivity index (χ3n) is 3.16. The van der Waals surface area contributed by atoms with Gasteiger partial charge in [-0.1, -0.05) is 0 Å². The number of aromatic hydroxyl groups is 1. The molecule has 0 atom stereocenters. The fourth-order valence-electron chi connectivity index (χ4n) is 1.97. The van der Waals surface area contributed by atoms with Crippen LogP contribution in [0.2, 0.25) is 0 Å². The second-order valence-corrected chi connectivity index (χ2v) is 5.69. The van der Waals surface area contributed by atoms with Crippen molar-refractivity contribution in [2.24, 2.45) is 0 Å². The molecule has 2 amide bonds. The smallest absolute Gasteiger partial charge is 0.257 e. The second-order valence-electron chi connectivity index (χ2n) is 4.83. The third kappa shape index (κ3) is 3.64. The first-order chi connectivity index (χ1) is 10.8. The second kappa shape index (κ2) is 7.19. The molecule has 2 rings (SSSR count). The van der Waals surface area contributed by atoms with Crippen molar-refractivity contribution in [2.75, 3.05) is 12.4 Å². The van der Waals surface area contributed by atoms with Gasteiger partial charge >= 0.3 is 0 Å². The van der Waals surface area contributed by atoms with Gasteiger partial charge in [-0.15, -0.1) is 0 Å². The normalized spacial score (nSPS) is 9.83. The number of nitrogens with one attached hydrogen (secondary N) is 2. The largest absolute Gasteiger partial charge is 0.507 e. The van der Waals surface area contributed by atoms with Crippen LogP contribution < -0.4 is 10.6 Å². The molecule has 3 N–H and O–H groups in total. The molecule has 0 aliphatic rings. The molecule has 2 aromatic rings. The Balaban J connectivity index is 0.00000288. The minimum Gasteiger partial charge on any atom is -0.507 e. The van der Waals surface area contributed by atoms with Crippen molar-refractivity contribution in [1.29, 1.82) is 0 Å². The minimum absolute atomic E-state index is 0. The van der Waals surface area contributed by atoms with Crippen molar-refractivity contribution in [2.45, 2.75) is 13.8 Å². The van der Waals surface area contributed by atoms with Crippen LogP contribution >= 0.6 is 15.9 Å². The molecule has 1 aromatic carbocycles. The van der Waals surface area contributed by atoms with Gasteiger partial charge in [-0.05, 0) is 47.5 Å². The summed E-state index contributed by atoms with van der Waals surface area (Å²) in [4.78, 5) is 32.4. The molecule has 0 bridgehead atoms. The molecule has 0 saturated carbocycles. The van der Waals surface area contributed by atoms with Crippen LogP contribution in [0.25, 0.3) is 0 Å². The summed E-state index contributed by atoms with van der Waals surface area (Å²) in [6.07, 6.45) is 1.54. The number of phenolic OH excluding ortho intramolecular Hbond substituents is 1. The Bertz CT molecular complexity index is 799. The molecular weight excluding hydrogens is 626 g/mol. The van der Waals surface area contributed by atoms with Crippen LogP contribution in [-0.4, -0.2) is 33.9 Å². The van der Waals surface area contributed by atoms with Crippen LogP contribution in [0.1, 0.15) is 32.1 Å². The fourth-order valence-corrected chi connectivity index (χ4v) is 2.26. The molecule has 0 aliphatic carbocycles. The Morgan fingerprint density at radius 3 is 2.46 bits per heavy atom. The van der Waals surface area contributed by atoms with Gasteiger partial charge in [0, 0.05) is 18.8 Å². The summed E-state index contributed by atoms with van der Waals surface area (Å²) in [5, 5.41) is 14.9. The van der Waals surface area contributed by atoms with Crippen molar-refractivity contribution >= 4 is 33.6 Å². The molecule has 9 heteroatoms. The van der Waals surface area contributed by atoms with Gasteiger partial charge in [-0.2, -0.15) is 0 Å². The van der Waals surface area contributed by atoms with E-state index in [0.29, 0.717) is 21.7 Å². The molecule has 7 nitrogen and oxygen atoms in total. The standard InChI is InChI=1S/C15H15BrN4O3.Lr/c1-7-4-12(21)10(14(22)17-3)5-9(7)15(23)20-13-11(16)6-18-8(2)19-13;/h4-6,21H,1-3H3,(H,17,22)(H,18,19,20,23);. The van der Waals surface area contributed by atoms with Gasteiger partial charge in [-0.25, -0.2) is 9.97 Å². The summed E-state index contributed by atoms with van der Waals surface area (Å²) in [5.41, 5.74) is 0.834. The van der Waals surface area contributed by atoms with E-state index in [-0.39, 0.29) is 16.9 Å². The molecule has 1 radical (unpaired) electrons. The zero-order valence-corrected chi connectivity index (χ0v) is 16.8. The Kier molecular flexibility index (Phi) is 5.56. The first-order valence-electron chi connectivity index (χ1n) is 6.69. The van der Waals surface area contributed by atoms with Crippen LogP contribution in [0.4, 0.5) is 5.82 Å². The van der Waals surface area contributed by atoms with E-state index in [1.54, 1.807) is 13.8 Å². The maximum Gasteiger partial charge on any atom is 0.257 e. The molecule has 24 heavy (non-hydrogen) atoms. The van der Waals surface area contributed by atoms with E-state index >= 15 is 0 Å². The molecule has 135 valence electrons. The maximum absolute atomic E-state index is 12.5. The topological polar surface area (TPSA) is 104 Å². The predicted octanol–water partition coefficient (Wildman–Crippen LogP) is 2.17. The van der Waals surface area contributed by atoms with Crippen molar-refractivity contribution in [1.82, 2.24) is 15.3 Å². The monoisotopic (exact) mass is 640 g/mol. The van der Waals surface area contributed by atoms with E-state index in [4.69, 9.17) is 0 Å². The number of carbonyl (C=O) groups is 2. The maximum atomic E-state index is 12.5. The molecule has 1 aromatic heterocycles. The number of phenols is 1. The van der Waals surface area contributed by atoms with E-state index in [1.807, 2.05) is 0 Å². The summed E-state index contributed by atoms with van der Waals surface area (Å²) >= 11 is 3.27. The van der Waals surface area contributed by atoms with Crippen LogP contribution in [0.3, 0.4) is 0 Å².